The van der Waals surface area contributed by atoms with Crippen LogP contribution in [-0.4, -0.2) is 30.8 Å². The molecule has 1 heterocycles. The van der Waals surface area contributed by atoms with Gasteiger partial charge in [0, 0.05) is 29.8 Å². The molecule has 0 aliphatic rings. The van der Waals surface area contributed by atoms with Crippen molar-refractivity contribution in [3.05, 3.63) is 137 Å². The molecule has 0 atom stereocenters. The van der Waals surface area contributed by atoms with Gasteiger partial charge < -0.3 is 14.2 Å². The van der Waals surface area contributed by atoms with Crippen molar-refractivity contribution >= 4 is 5.97 Å². The van der Waals surface area contributed by atoms with E-state index in [9.17, 15) is 13.6 Å². The van der Waals surface area contributed by atoms with Crippen LogP contribution < -0.4 is 9.47 Å². The lowest BCUT2D eigenvalue weighted by Crippen LogP contribution is -2.12. The first-order valence-corrected chi connectivity index (χ1v) is 15.4. The summed E-state index contributed by atoms with van der Waals surface area (Å²) in [6.07, 6.45) is 1.41. The first-order chi connectivity index (χ1) is 22.3. The Kier molecular flexibility index (Phi) is 10.8. The molecule has 0 aliphatic heterocycles. The standard InChI is InChI=1S/C39H37F2NO4/c1-4-44-37(43)25-36-26(2)42-27(3)38(30-9-17-34(18-10-30)45-23-21-28-5-13-32(40)14-6-28)39(36)31-11-19-35(20-12-31)46-24-22-29-7-15-33(41)16-8-29/h5-20H,4,21-25H2,1-3H3. The third-order valence-corrected chi connectivity index (χ3v) is 7.74. The average Bonchev–Trinajstić information content (AvgIpc) is 3.05. The van der Waals surface area contributed by atoms with Crippen molar-refractivity contribution in [2.24, 2.45) is 0 Å². The molecular formula is C39H37F2NO4. The molecule has 0 aliphatic carbocycles. The number of nitrogens with zero attached hydrogens (tertiary/aromatic N) is 1. The van der Waals surface area contributed by atoms with E-state index in [2.05, 4.69) is 0 Å². The van der Waals surface area contributed by atoms with E-state index in [1.165, 1.54) is 24.3 Å². The monoisotopic (exact) mass is 621 g/mol. The van der Waals surface area contributed by atoms with Crippen LogP contribution >= 0.6 is 0 Å². The molecule has 0 saturated carbocycles. The summed E-state index contributed by atoms with van der Waals surface area (Å²) in [6.45, 7) is 6.90. The Labute approximate surface area is 268 Å². The van der Waals surface area contributed by atoms with Crippen molar-refractivity contribution < 1.29 is 27.8 Å². The van der Waals surface area contributed by atoms with Crippen LogP contribution in [0.1, 0.15) is 35.0 Å². The number of benzene rings is 4. The Balaban J connectivity index is 1.39. The highest BCUT2D eigenvalue weighted by Crippen LogP contribution is 2.39. The number of pyridine rings is 1. The smallest absolute Gasteiger partial charge is 0.310 e. The number of hydrogen-bond acceptors (Lipinski definition) is 5. The molecule has 1 aromatic heterocycles. The molecule has 5 rings (SSSR count). The molecule has 0 unspecified atom stereocenters. The first-order valence-electron chi connectivity index (χ1n) is 15.4. The Bertz CT molecular complexity index is 1750. The summed E-state index contributed by atoms with van der Waals surface area (Å²) in [5.74, 6) is 0.608. The summed E-state index contributed by atoms with van der Waals surface area (Å²) in [5, 5.41) is 0. The van der Waals surface area contributed by atoms with Crippen LogP contribution in [0, 0.1) is 25.5 Å². The molecule has 0 saturated heterocycles. The fourth-order valence-electron chi connectivity index (χ4n) is 5.44. The predicted octanol–water partition coefficient (Wildman–Crippen LogP) is 8.66. The molecule has 0 bridgehead atoms. The van der Waals surface area contributed by atoms with Gasteiger partial charge >= 0.3 is 5.97 Å². The maximum Gasteiger partial charge on any atom is 0.310 e. The van der Waals surface area contributed by atoms with E-state index in [1.807, 2.05) is 62.4 Å². The number of aromatic nitrogens is 1. The van der Waals surface area contributed by atoms with Crippen molar-refractivity contribution in [2.75, 3.05) is 19.8 Å². The molecule has 4 aromatic carbocycles. The fraction of sp³-hybridized carbons (Fsp3) is 0.231. The van der Waals surface area contributed by atoms with Crippen molar-refractivity contribution in [3.8, 4) is 33.8 Å². The Hall–Kier alpha value is -5.04. The highest BCUT2D eigenvalue weighted by Gasteiger charge is 2.21. The third kappa shape index (κ3) is 8.36. The Morgan fingerprint density at radius 3 is 1.54 bits per heavy atom. The van der Waals surface area contributed by atoms with E-state index >= 15 is 0 Å². The lowest BCUT2D eigenvalue weighted by molar-refractivity contribution is -0.142. The van der Waals surface area contributed by atoms with E-state index < -0.39 is 0 Å². The highest BCUT2D eigenvalue weighted by atomic mass is 19.1. The molecule has 46 heavy (non-hydrogen) atoms. The number of esters is 1. The Morgan fingerprint density at radius 2 is 1.09 bits per heavy atom. The first kappa shape index (κ1) is 32.4. The minimum absolute atomic E-state index is 0.0930. The third-order valence-electron chi connectivity index (χ3n) is 7.74. The second-order valence-electron chi connectivity index (χ2n) is 11.0. The predicted molar refractivity (Wildman–Crippen MR) is 176 cm³/mol. The number of carbonyl (C=O) groups excluding carboxylic acids is 1. The molecule has 0 amide bonds. The van der Waals surface area contributed by atoms with E-state index in [-0.39, 0.29) is 24.0 Å². The van der Waals surface area contributed by atoms with E-state index in [4.69, 9.17) is 19.2 Å². The van der Waals surface area contributed by atoms with E-state index in [0.29, 0.717) is 38.4 Å². The van der Waals surface area contributed by atoms with Crippen molar-refractivity contribution in [1.82, 2.24) is 4.98 Å². The molecule has 5 aromatic rings. The summed E-state index contributed by atoms with van der Waals surface area (Å²) in [6, 6.07) is 28.5. The summed E-state index contributed by atoms with van der Waals surface area (Å²) in [4.78, 5) is 17.6. The second-order valence-corrected chi connectivity index (χ2v) is 11.0. The van der Waals surface area contributed by atoms with Crippen LogP contribution in [0.3, 0.4) is 0 Å². The number of ether oxygens (including phenoxy) is 3. The second kappa shape index (κ2) is 15.3. The zero-order valence-electron chi connectivity index (χ0n) is 26.3. The quantitative estimate of drug-likeness (QED) is 0.123. The molecule has 7 heteroatoms. The lowest BCUT2D eigenvalue weighted by atomic mass is 9.87. The maximum atomic E-state index is 13.2. The van der Waals surface area contributed by atoms with E-state index in [1.54, 1.807) is 31.2 Å². The molecule has 236 valence electrons. The average molecular weight is 622 g/mol. The minimum Gasteiger partial charge on any atom is -0.493 e. The van der Waals surface area contributed by atoms with Gasteiger partial charge in [0.1, 0.15) is 23.1 Å². The van der Waals surface area contributed by atoms with Crippen molar-refractivity contribution in [1.29, 1.82) is 0 Å². The number of halogens is 2. The summed E-state index contributed by atoms with van der Waals surface area (Å²) < 4.78 is 43.7. The fourth-order valence-corrected chi connectivity index (χ4v) is 5.44. The largest absolute Gasteiger partial charge is 0.493 e. The Morgan fingerprint density at radius 1 is 0.630 bits per heavy atom. The zero-order valence-corrected chi connectivity index (χ0v) is 26.3. The normalized spacial score (nSPS) is 10.9. The van der Waals surface area contributed by atoms with Crippen LogP contribution in [-0.2, 0) is 28.8 Å². The molecule has 0 N–H and O–H groups in total. The highest BCUT2D eigenvalue weighted by molar-refractivity contribution is 5.90. The van der Waals surface area contributed by atoms with Crippen LogP contribution in [0.4, 0.5) is 8.78 Å². The van der Waals surface area contributed by atoms with Gasteiger partial charge in [-0.25, -0.2) is 8.78 Å². The zero-order chi connectivity index (χ0) is 32.5. The van der Waals surface area contributed by atoms with Crippen LogP contribution in [0.25, 0.3) is 22.3 Å². The van der Waals surface area contributed by atoms with Crippen LogP contribution in [0.5, 0.6) is 11.5 Å². The molecular weight excluding hydrogens is 584 g/mol. The molecule has 0 spiro atoms. The SMILES string of the molecule is CCOC(=O)Cc1c(C)nc(C)c(-c2ccc(OCCc3ccc(F)cc3)cc2)c1-c1ccc(OCCc2ccc(F)cc2)cc1. The lowest BCUT2D eigenvalue weighted by Gasteiger charge is -2.20. The van der Waals surface area contributed by atoms with Crippen LogP contribution in [0.2, 0.25) is 0 Å². The number of hydrogen-bond donors (Lipinski definition) is 0. The minimum atomic E-state index is -0.311. The van der Waals surface area contributed by atoms with Gasteiger partial charge in [-0.1, -0.05) is 48.5 Å². The summed E-state index contributed by atoms with van der Waals surface area (Å²) in [5.41, 5.74) is 8.12. The van der Waals surface area contributed by atoms with Crippen LogP contribution in [0.15, 0.2) is 97.1 Å². The van der Waals surface area contributed by atoms with Gasteiger partial charge in [-0.15, -0.1) is 0 Å². The van der Waals surface area contributed by atoms with Crippen molar-refractivity contribution in [3.63, 3.8) is 0 Å². The topological polar surface area (TPSA) is 57.7 Å². The molecule has 0 radical (unpaired) electrons. The van der Waals surface area contributed by atoms with Crippen molar-refractivity contribution in [2.45, 2.75) is 40.0 Å². The van der Waals surface area contributed by atoms with E-state index in [0.717, 1.165) is 56.1 Å². The van der Waals surface area contributed by atoms with Gasteiger partial charge in [0.15, 0.2) is 0 Å². The maximum absolute atomic E-state index is 13.2. The van der Waals surface area contributed by atoms with Gasteiger partial charge in [0.25, 0.3) is 0 Å². The summed E-state index contributed by atoms with van der Waals surface area (Å²) >= 11 is 0. The number of rotatable bonds is 13. The summed E-state index contributed by atoms with van der Waals surface area (Å²) in [7, 11) is 0. The number of carbonyl (C=O) groups is 1. The molecule has 0 fully saturated rings. The van der Waals surface area contributed by atoms with Gasteiger partial charge in [0.05, 0.1) is 26.2 Å². The van der Waals surface area contributed by atoms with Gasteiger partial charge in [0.2, 0.25) is 0 Å². The van der Waals surface area contributed by atoms with Gasteiger partial charge in [-0.05, 0) is 103 Å². The van der Waals surface area contributed by atoms with Gasteiger partial charge in [-0.2, -0.15) is 0 Å². The molecule has 5 nitrogen and oxygen atoms in total. The van der Waals surface area contributed by atoms with Gasteiger partial charge in [-0.3, -0.25) is 9.78 Å². The number of aryl methyl sites for hydroxylation is 2.